The van der Waals surface area contributed by atoms with E-state index in [-0.39, 0.29) is 0 Å². The highest BCUT2D eigenvalue weighted by Crippen LogP contribution is 2.25. The van der Waals surface area contributed by atoms with E-state index < -0.39 is 6.41 Å². The van der Waals surface area contributed by atoms with Gasteiger partial charge in [0.2, 0.25) is 12.3 Å². The molecule has 0 bridgehead atoms. The maximum atomic E-state index is 9.98. The Bertz CT molecular complexity index is 955. The maximum Gasteiger partial charge on any atom is 0.226 e. The number of nitrogens with zero attached hydrogens (tertiary/aromatic N) is 2. The summed E-state index contributed by atoms with van der Waals surface area (Å²) in [6.07, 6.45) is 1.27. The molecule has 0 saturated carbocycles. The number of aliphatic hydroxyl groups excluding tert-OH is 1. The van der Waals surface area contributed by atoms with Crippen molar-refractivity contribution in [2.24, 2.45) is 5.92 Å². The third kappa shape index (κ3) is 5.53. The predicted molar refractivity (Wildman–Crippen MR) is 118 cm³/mol. The Morgan fingerprint density at radius 3 is 2.68 bits per heavy atom. The molecular formula is C25H30N2O4. The quantitative estimate of drug-likeness (QED) is 0.516. The zero-order valence-electron chi connectivity index (χ0n) is 18.2. The first-order chi connectivity index (χ1) is 15.1. The summed E-state index contributed by atoms with van der Waals surface area (Å²) < 4.78 is 17.0. The van der Waals surface area contributed by atoms with Crippen LogP contribution in [0.5, 0.6) is 5.75 Å². The van der Waals surface area contributed by atoms with Crippen molar-refractivity contribution in [2.45, 2.75) is 39.7 Å². The van der Waals surface area contributed by atoms with E-state index in [9.17, 15) is 5.11 Å². The summed E-state index contributed by atoms with van der Waals surface area (Å²) in [6, 6.07) is 18.1. The van der Waals surface area contributed by atoms with Crippen LogP contribution in [0, 0.1) is 12.8 Å². The van der Waals surface area contributed by atoms with Crippen molar-refractivity contribution in [1.82, 2.24) is 9.88 Å². The highest BCUT2D eigenvalue weighted by Gasteiger charge is 2.27. The van der Waals surface area contributed by atoms with Crippen molar-refractivity contribution in [3.8, 4) is 17.2 Å². The van der Waals surface area contributed by atoms with Crippen LogP contribution in [0.1, 0.15) is 30.4 Å². The topological polar surface area (TPSA) is 68.0 Å². The Morgan fingerprint density at radius 2 is 1.94 bits per heavy atom. The maximum absolute atomic E-state index is 9.98. The minimum absolute atomic E-state index is 0.369. The van der Waals surface area contributed by atoms with Crippen molar-refractivity contribution < 1.29 is 19.0 Å². The van der Waals surface area contributed by atoms with Gasteiger partial charge in [0.15, 0.2) is 0 Å². The lowest BCUT2D eigenvalue weighted by molar-refractivity contribution is -0.184. The molecule has 3 aromatic rings. The summed E-state index contributed by atoms with van der Waals surface area (Å²) in [5, 5.41) is 9.98. The Labute approximate surface area is 183 Å². The lowest BCUT2D eigenvalue weighted by Crippen LogP contribution is -2.35. The first kappa shape index (κ1) is 21.6. The molecule has 0 amide bonds. The van der Waals surface area contributed by atoms with Crippen molar-refractivity contribution in [1.29, 1.82) is 0 Å². The van der Waals surface area contributed by atoms with Crippen molar-refractivity contribution in [2.75, 3.05) is 19.7 Å². The largest absolute Gasteiger partial charge is 0.487 e. The molecule has 1 aromatic heterocycles. The van der Waals surface area contributed by atoms with Gasteiger partial charge in [0.1, 0.15) is 23.8 Å². The van der Waals surface area contributed by atoms with Gasteiger partial charge < -0.3 is 19.0 Å². The van der Waals surface area contributed by atoms with Crippen LogP contribution in [0.4, 0.5) is 0 Å². The van der Waals surface area contributed by atoms with Gasteiger partial charge in [0, 0.05) is 25.3 Å². The number of benzene rings is 2. The van der Waals surface area contributed by atoms with Gasteiger partial charge in [-0.2, -0.15) is 0 Å². The summed E-state index contributed by atoms with van der Waals surface area (Å²) in [6.45, 7) is 6.42. The molecule has 0 radical (unpaired) electrons. The number of rotatable bonds is 9. The lowest BCUT2D eigenvalue weighted by atomic mass is 9.99. The highest BCUT2D eigenvalue weighted by atomic mass is 16.6. The second-order valence-electron chi connectivity index (χ2n) is 7.96. The Hall–Kier alpha value is -2.67. The van der Waals surface area contributed by atoms with Gasteiger partial charge in [-0.1, -0.05) is 30.3 Å². The molecule has 164 valence electrons. The van der Waals surface area contributed by atoms with Crippen LogP contribution >= 0.6 is 0 Å². The SMILES string of the molecule is CCOC(O)N1CC[C@H](Cc2ccc(OCc3nc(-c4ccccc4)oc3C)cc2)C1. The van der Waals surface area contributed by atoms with E-state index >= 15 is 0 Å². The molecule has 1 unspecified atom stereocenters. The van der Waals surface area contributed by atoms with E-state index in [2.05, 4.69) is 17.1 Å². The standard InChI is InChI=1S/C25H30N2O4/c1-3-29-25(28)27-14-13-20(16-27)15-19-9-11-22(12-10-19)30-17-23-18(2)31-24(26-23)21-7-5-4-6-8-21/h4-12,20,25,28H,3,13-17H2,1-2H3/t20-,25?/m1/s1. The normalized spacial score (nSPS) is 17.7. The fraction of sp³-hybridized carbons (Fsp3) is 0.400. The van der Waals surface area contributed by atoms with Crippen LogP contribution in [-0.4, -0.2) is 41.1 Å². The molecule has 0 spiro atoms. The zero-order chi connectivity index (χ0) is 21.6. The van der Waals surface area contributed by atoms with E-state index in [0.29, 0.717) is 25.0 Å². The first-order valence-corrected chi connectivity index (χ1v) is 10.9. The number of aliphatic hydroxyl groups is 1. The third-order valence-corrected chi connectivity index (χ3v) is 5.68. The van der Waals surface area contributed by atoms with Gasteiger partial charge in [-0.25, -0.2) is 4.98 Å². The Morgan fingerprint density at radius 1 is 1.16 bits per heavy atom. The average Bonchev–Trinajstić information content (AvgIpc) is 3.41. The fourth-order valence-corrected chi connectivity index (χ4v) is 3.96. The van der Waals surface area contributed by atoms with E-state index in [1.54, 1.807) is 0 Å². The first-order valence-electron chi connectivity index (χ1n) is 10.9. The Balaban J connectivity index is 1.29. The number of aromatic nitrogens is 1. The summed E-state index contributed by atoms with van der Waals surface area (Å²) in [5.74, 6) is 2.73. The molecule has 6 nitrogen and oxygen atoms in total. The molecule has 0 aliphatic carbocycles. The van der Waals surface area contributed by atoms with E-state index in [1.165, 1.54) is 5.56 Å². The predicted octanol–water partition coefficient (Wildman–Crippen LogP) is 4.41. The average molecular weight is 423 g/mol. The number of aryl methyl sites for hydroxylation is 1. The molecule has 1 N–H and O–H groups in total. The minimum atomic E-state index is -0.784. The van der Waals surface area contributed by atoms with Crippen molar-refractivity contribution in [3.63, 3.8) is 0 Å². The van der Waals surface area contributed by atoms with Gasteiger partial charge >= 0.3 is 0 Å². The molecule has 2 heterocycles. The van der Waals surface area contributed by atoms with E-state index in [4.69, 9.17) is 13.9 Å². The number of oxazole rings is 1. The van der Waals surface area contributed by atoms with Crippen LogP contribution in [0.25, 0.3) is 11.5 Å². The Kier molecular flexibility index (Phi) is 7.02. The third-order valence-electron chi connectivity index (χ3n) is 5.68. The van der Waals surface area contributed by atoms with Gasteiger partial charge in [-0.3, -0.25) is 4.90 Å². The molecule has 2 aromatic carbocycles. The molecule has 6 heteroatoms. The molecule has 1 aliphatic rings. The summed E-state index contributed by atoms with van der Waals surface area (Å²) >= 11 is 0. The molecule has 4 rings (SSSR count). The zero-order valence-corrected chi connectivity index (χ0v) is 18.2. The van der Waals surface area contributed by atoms with Gasteiger partial charge in [0.25, 0.3) is 0 Å². The fourth-order valence-electron chi connectivity index (χ4n) is 3.96. The van der Waals surface area contributed by atoms with Gasteiger partial charge in [0.05, 0.1) is 0 Å². The molecular weight excluding hydrogens is 392 g/mol. The second-order valence-corrected chi connectivity index (χ2v) is 7.96. The minimum Gasteiger partial charge on any atom is -0.487 e. The molecule has 1 fully saturated rings. The van der Waals surface area contributed by atoms with Crippen LogP contribution in [0.3, 0.4) is 0 Å². The van der Waals surface area contributed by atoms with Crippen LogP contribution < -0.4 is 4.74 Å². The van der Waals surface area contributed by atoms with Gasteiger partial charge in [-0.05, 0) is 62.4 Å². The van der Waals surface area contributed by atoms with E-state index in [0.717, 1.165) is 48.7 Å². The van der Waals surface area contributed by atoms with Crippen LogP contribution in [-0.2, 0) is 17.8 Å². The highest BCUT2D eigenvalue weighted by molar-refractivity contribution is 5.53. The van der Waals surface area contributed by atoms with Crippen molar-refractivity contribution in [3.05, 3.63) is 71.6 Å². The number of hydrogen-bond acceptors (Lipinski definition) is 6. The van der Waals surface area contributed by atoms with E-state index in [1.807, 2.05) is 61.2 Å². The van der Waals surface area contributed by atoms with Crippen LogP contribution in [0.15, 0.2) is 59.0 Å². The second kappa shape index (κ2) is 10.1. The van der Waals surface area contributed by atoms with Crippen molar-refractivity contribution >= 4 is 0 Å². The summed E-state index contributed by atoms with van der Waals surface area (Å²) in [5.41, 5.74) is 3.04. The molecule has 1 aliphatic heterocycles. The monoisotopic (exact) mass is 422 g/mol. The number of hydrogen-bond donors (Lipinski definition) is 1. The van der Waals surface area contributed by atoms with Crippen LogP contribution in [0.2, 0.25) is 0 Å². The summed E-state index contributed by atoms with van der Waals surface area (Å²) in [7, 11) is 0. The smallest absolute Gasteiger partial charge is 0.226 e. The molecule has 31 heavy (non-hydrogen) atoms. The summed E-state index contributed by atoms with van der Waals surface area (Å²) in [4.78, 5) is 6.58. The molecule has 1 saturated heterocycles. The number of likely N-dealkylation sites (tertiary alicyclic amines) is 1. The van der Waals surface area contributed by atoms with Gasteiger partial charge in [-0.15, -0.1) is 0 Å². The molecule has 2 atom stereocenters. The number of ether oxygens (including phenoxy) is 2. The lowest BCUT2D eigenvalue weighted by Gasteiger charge is -2.22.